The molecule has 1 aromatic carbocycles. The lowest BCUT2D eigenvalue weighted by atomic mass is 10.1. The molecule has 0 saturated heterocycles. The van der Waals surface area contributed by atoms with Crippen molar-refractivity contribution < 1.29 is 0 Å². The fourth-order valence-corrected chi connectivity index (χ4v) is 1.05. The summed E-state index contributed by atoms with van der Waals surface area (Å²) in [4.78, 5) is 0. The highest BCUT2D eigenvalue weighted by Crippen LogP contribution is 1.97. The lowest BCUT2D eigenvalue weighted by Crippen LogP contribution is -2.09. The van der Waals surface area contributed by atoms with Crippen LogP contribution in [0.1, 0.15) is 5.56 Å². The van der Waals surface area contributed by atoms with Gasteiger partial charge < -0.3 is 5.32 Å². The Kier molecular flexibility index (Phi) is 4.27. The SMILES string of the molecule is C#C/C=C/NCCc1ccccc1. The first kappa shape index (κ1) is 9.41. The van der Waals surface area contributed by atoms with E-state index in [2.05, 4.69) is 23.4 Å². The molecule has 1 heteroatoms. The minimum atomic E-state index is 0.919. The number of hydrogen-bond donors (Lipinski definition) is 1. The molecule has 1 nitrogen and oxygen atoms in total. The predicted molar refractivity (Wildman–Crippen MR) is 56.1 cm³/mol. The summed E-state index contributed by atoms with van der Waals surface area (Å²) < 4.78 is 0. The average molecular weight is 171 g/mol. The van der Waals surface area contributed by atoms with E-state index in [1.165, 1.54) is 5.56 Å². The summed E-state index contributed by atoms with van der Waals surface area (Å²) in [5, 5.41) is 3.11. The highest BCUT2D eigenvalue weighted by Gasteiger charge is 1.87. The van der Waals surface area contributed by atoms with Crippen LogP contribution in [0.25, 0.3) is 0 Å². The molecule has 0 aliphatic rings. The molecule has 1 N–H and O–H groups in total. The Labute approximate surface area is 79.5 Å². The first-order valence-electron chi connectivity index (χ1n) is 4.32. The topological polar surface area (TPSA) is 12.0 Å². The van der Waals surface area contributed by atoms with Crippen molar-refractivity contribution in [1.82, 2.24) is 5.32 Å². The quantitative estimate of drug-likeness (QED) is 0.539. The summed E-state index contributed by atoms with van der Waals surface area (Å²) in [6, 6.07) is 10.4. The van der Waals surface area contributed by atoms with Gasteiger partial charge in [-0.3, -0.25) is 0 Å². The molecule has 0 radical (unpaired) electrons. The van der Waals surface area contributed by atoms with Gasteiger partial charge in [-0.15, -0.1) is 6.42 Å². The number of allylic oxidation sites excluding steroid dienone is 1. The van der Waals surface area contributed by atoms with Crippen LogP contribution in [0, 0.1) is 12.3 Å². The second-order valence-electron chi connectivity index (χ2n) is 2.69. The van der Waals surface area contributed by atoms with Gasteiger partial charge in [0.05, 0.1) is 0 Å². The zero-order valence-electron chi connectivity index (χ0n) is 7.53. The van der Waals surface area contributed by atoms with E-state index in [1.807, 2.05) is 18.2 Å². The second kappa shape index (κ2) is 5.91. The van der Waals surface area contributed by atoms with Gasteiger partial charge in [-0.1, -0.05) is 36.3 Å². The first-order chi connectivity index (χ1) is 6.43. The fourth-order valence-electron chi connectivity index (χ4n) is 1.05. The zero-order chi connectivity index (χ0) is 9.36. The molecule has 0 aliphatic heterocycles. The van der Waals surface area contributed by atoms with E-state index in [0.29, 0.717) is 0 Å². The van der Waals surface area contributed by atoms with Gasteiger partial charge >= 0.3 is 0 Å². The maximum atomic E-state index is 5.05. The molecule has 0 heterocycles. The highest BCUT2D eigenvalue weighted by atomic mass is 14.8. The number of nitrogens with one attached hydrogen (secondary N) is 1. The van der Waals surface area contributed by atoms with E-state index in [9.17, 15) is 0 Å². The van der Waals surface area contributed by atoms with Gasteiger partial charge in [-0.2, -0.15) is 0 Å². The molecule has 13 heavy (non-hydrogen) atoms. The molecule has 1 aromatic rings. The summed E-state index contributed by atoms with van der Waals surface area (Å²) in [6.07, 6.45) is 9.52. The third-order valence-corrected chi connectivity index (χ3v) is 1.70. The summed E-state index contributed by atoms with van der Waals surface area (Å²) >= 11 is 0. The molecule has 0 saturated carbocycles. The van der Waals surface area contributed by atoms with Crippen molar-refractivity contribution in [3.05, 3.63) is 48.2 Å². The van der Waals surface area contributed by atoms with Crippen LogP contribution in [0.3, 0.4) is 0 Å². The largest absolute Gasteiger partial charge is 0.390 e. The van der Waals surface area contributed by atoms with Crippen LogP contribution in [-0.4, -0.2) is 6.54 Å². The molecule has 0 aliphatic carbocycles. The molecular formula is C12H13N. The smallest absolute Gasteiger partial charge is 0.0182 e. The molecule has 0 bridgehead atoms. The normalized spacial score (nSPS) is 9.77. The second-order valence-corrected chi connectivity index (χ2v) is 2.69. The minimum absolute atomic E-state index is 0.919. The molecule has 1 rings (SSSR count). The van der Waals surface area contributed by atoms with Crippen LogP contribution >= 0.6 is 0 Å². The van der Waals surface area contributed by atoms with E-state index >= 15 is 0 Å². The standard InChI is InChI=1S/C12H13N/c1-2-3-10-13-11-9-12-7-5-4-6-8-12/h1,3-8,10,13H,9,11H2/b10-3+. The van der Waals surface area contributed by atoms with E-state index in [4.69, 9.17) is 6.42 Å². The Hall–Kier alpha value is -1.68. The van der Waals surface area contributed by atoms with Gasteiger partial charge in [-0.05, 0) is 12.0 Å². The fraction of sp³-hybridized carbons (Fsp3) is 0.167. The summed E-state index contributed by atoms with van der Waals surface area (Å²) in [5.74, 6) is 2.42. The van der Waals surface area contributed by atoms with E-state index < -0.39 is 0 Å². The molecule has 0 spiro atoms. The highest BCUT2D eigenvalue weighted by molar-refractivity contribution is 5.15. The van der Waals surface area contributed by atoms with Crippen molar-refractivity contribution in [1.29, 1.82) is 0 Å². The zero-order valence-corrected chi connectivity index (χ0v) is 7.53. The van der Waals surface area contributed by atoms with Gasteiger partial charge in [-0.25, -0.2) is 0 Å². The molecule has 0 fully saturated rings. The average Bonchev–Trinajstić information content (AvgIpc) is 2.19. The van der Waals surface area contributed by atoms with Crippen molar-refractivity contribution in [2.24, 2.45) is 0 Å². The summed E-state index contributed by atoms with van der Waals surface area (Å²) in [5.41, 5.74) is 1.34. The maximum absolute atomic E-state index is 5.05. The molecule has 0 unspecified atom stereocenters. The van der Waals surface area contributed by atoms with Gasteiger partial charge in [0.15, 0.2) is 0 Å². The minimum Gasteiger partial charge on any atom is -0.390 e. The van der Waals surface area contributed by atoms with Gasteiger partial charge in [0.25, 0.3) is 0 Å². The number of rotatable bonds is 4. The Morgan fingerprint density at radius 3 is 2.77 bits per heavy atom. The lowest BCUT2D eigenvalue weighted by Gasteiger charge is -2.00. The van der Waals surface area contributed by atoms with E-state index in [0.717, 1.165) is 13.0 Å². The third-order valence-electron chi connectivity index (χ3n) is 1.70. The Morgan fingerprint density at radius 2 is 2.08 bits per heavy atom. The van der Waals surface area contributed by atoms with Crippen LogP contribution in [0.2, 0.25) is 0 Å². The van der Waals surface area contributed by atoms with Crippen LogP contribution < -0.4 is 5.32 Å². The number of hydrogen-bond acceptors (Lipinski definition) is 1. The van der Waals surface area contributed by atoms with Crippen molar-refractivity contribution in [2.75, 3.05) is 6.54 Å². The third kappa shape index (κ3) is 4.03. The van der Waals surface area contributed by atoms with Crippen LogP contribution in [0.4, 0.5) is 0 Å². The van der Waals surface area contributed by atoms with Crippen molar-refractivity contribution >= 4 is 0 Å². The molecule has 0 atom stereocenters. The molecule has 0 aromatic heterocycles. The van der Waals surface area contributed by atoms with Crippen molar-refractivity contribution in [3.63, 3.8) is 0 Å². The van der Waals surface area contributed by atoms with Gasteiger partial charge in [0.2, 0.25) is 0 Å². The maximum Gasteiger partial charge on any atom is 0.0182 e. The van der Waals surface area contributed by atoms with Gasteiger partial charge in [0.1, 0.15) is 0 Å². The lowest BCUT2D eigenvalue weighted by molar-refractivity contribution is 0.833. The van der Waals surface area contributed by atoms with Crippen molar-refractivity contribution in [2.45, 2.75) is 6.42 Å². The Morgan fingerprint density at radius 1 is 1.31 bits per heavy atom. The molecular weight excluding hydrogens is 158 g/mol. The number of benzene rings is 1. The summed E-state index contributed by atoms with van der Waals surface area (Å²) in [7, 11) is 0. The van der Waals surface area contributed by atoms with E-state index in [1.54, 1.807) is 12.3 Å². The van der Waals surface area contributed by atoms with Crippen molar-refractivity contribution in [3.8, 4) is 12.3 Å². The number of terminal acetylenes is 1. The van der Waals surface area contributed by atoms with E-state index in [-0.39, 0.29) is 0 Å². The predicted octanol–water partition coefficient (Wildman–Crippen LogP) is 1.97. The van der Waals surface area contributed by atoms with Crippen LogP contribution in [0.5, 0.6) is 0 Å². The van der Waals surface area contributed by atoms with Gasteiger partial charge in [0, 0.05) is 18.8 Å². The summed E-state index contributed by atoms with van der Waals surface area (Å²) in [6.45, 7) is 0.919. The van der Waals surface area contributed by atoms with Crippen LogP contribution in [-0.2, 0) is 6.42 Å². The van der Waals surface area contributed by atoms with Crippen LogP contribution in [0.15, 0.2) is 42.6 Å². The molecule has 66 valence electrons. The Balaban J connectivity index is 2.21. The first-order valence-corrected chi connectivity index (χ1v) is 4.32. The molecule has 0 amide bonds. The monoisotopic (exact) mass is 171 g/mol. The Bertz CT molecular complexity index is 293.